The van der Waals surface area contributed by atoms with Gasteiger partial charge in [-0.1, -0.05) is 24.3 Å². The summed E-state index contributed by atoms with van der Waals surface area (Å²) in [4.78, 5) is 29.0. The Labute approximate surface area is 142 Å². The lowest BCUT2D eigenvalue weighted by Gasteiger charge is -2.25. The van der Waals surface area contributed by atoms with Crippen LogP contribution >= 0.6 is 0 Å². The molecule has 1 aliphatic heterocycles. The van der Waals surface area contributed by atoms with Crippen LogP contribution in [0.1, 0.15) is 17.9 Å². The minimum Gasteiger partial charge on any atom is -0.326 e. The van der Waals surface area contributed by atoms with Crippen LogP contribution in [-0.4, -0.2) is 16.8 Å². The highest BCUT2D eigenvalue weighted by Gasteiger charge is 2.31. The zero-order valence-electron chi connectivity index (χ0n) is 13.1. The molecule has 0 fully saturated rings. The highest BCUT2D eigenvalue weighted by molar-refractivity contribution is 6.07. The van der Waals surface area contributed by atoms with Crippen LogP contribution in [0.5, 0.6) is 0 Å². The van der Waals surface area contributed by atoms with Gasteiger partial charge in [-0.05, 0) is 29.8 Å². The van der Waals surface area contributed by atoms with Gasteiger partial charge in [0.15, 0.2) is 0 Å². The molecule has 6 heteroatoms. The van der Waals surface area contributed by atoms with E-state index >= 15 is 0 Å². The highest BCUT2D eigenvalue weighted by atomic mass is 19.1. The molecular formula is C19H14FN3O2. The van der Waals surface area contributed by atoms with Crippen LogP contribution in [0.2, 0.25) is 0 Å². The number of hydrogen-bond acceptors (Lipinski definition) is 3. The van der Waals surface area contributed by atoms with Crippen molar-refractivity contribution in [3.63, 3.8) is 0 Å². The number of para-hydroxylation sites is 1. The minimum atomic E-state index is -0.677. The van der Waals surface area contributed by atoms with Gasteiger partial charge >= 0.3 is 0 Å². The molecule has 3 aromatic rings. The van der Waals surface area contributed by atoms with Crippen LogP contribution in [0.3, 0.4) is 0 Å². The second-order valence-electron chi connectivity index (χ2n) is 5.91. The van der Waals surface area contributed by atoms with Gasteiger partial charge in [0.2, 0.25) is 11.8 Å². The molecule has 2 amide bonds. The molecule has 0 unspecified atom stereocenters. The molecule has 0 saturated heterocycles. The predicted octanol–water partition coefficient (Wildman–Crippen LogP) is 3.44. The van der Waals surface area contributed by atoms with E-state index in [2.05, 4.69) is 15.6 Å². The maximum absolute atomic E-state index is 13.4. The number of carbonyl (C=O) groups excluding carboxylic acids is 2. The first-order valence-electron chi connectivity index (χ1n) is 7.86. The average molecular weight is 335 g/mol. The molecule has 2 aromatic carbocycles. The molecule has 1 aromatic heterocycles. The lowest BCUT2D eigenvalue weighted by molar-refractivity contribution is -0.123. The maximum Gasteiger partial charge on any atom is 0.232 e. The number of pyridine rings is 1. The maximum atomic E-state index is 13.4. The van der Waals surface area contributed by atoms with Crippen molar-refractivity contribution in [2.45, 2.75) is 12.3 Å². The van der Waals surface area contributed by atoms with Gasteiger partial charge in [0.25, 0.3) is 0 Å². The molecule has 0 radical (unpaired) electrons. The Morgan fingerprint density at radius 1 is 1.20 bits per heavy atom. The number of carbonyl (C=O) groups is 2. The fourth-order valence-electron chi connectivity index (χ4n) is 3.10. The predicted molar refractivity (Wildman–Crippen MR) is 92.8 cm³/mol. The number of aromatic nitrogens is 1. The smallest absolute Gasteiger partial charge is 0.232 e. The first-order chi connectivity index (χ1) is 12.1. The van der Waals surface area contributed by atoms with Crippen LogP contribution < -0.4 is 10.6 Å². The van der Waals surface area contributed by atoms with Crippen molar-refractivity contribution in [3.8, 4) is 0 Å². The van der Waals surface area contributed by atoms with E-state index in [0.29, 0.717) is 22.5 Å². The Morgan fingerprint density at radius 3 is 2.92 bits per heavy atom. The SMILES string of the molecule is O=C1C[C@H](C(=O)Nc2cccc3cccnc23)c2ccc(F)cc2N1. The summed E-state index contributed by atoms with van der Waals surface area (Å²) in [5, 5.41) is 6.37. The highest BCUT2D eigenvalue weighted by Crippen LogP contribution is 2.34. The first kappa shape index (κ1) is 15.3. The molecule has 1 atom stereocenters. The molecule has 124 valence electrons. The summed E-state index contributed by atoms with van der Waals surface area (Å²) in [6.07, 6.45) is 1.67. The summed E-state index contributed by atoms with van der Waals surface area (Å²) >= 11 is 0. The number of amides is 2. The van der Waals surface area contributed by atoms with Crippen LogP contribution in [0.15, 0.2) is 54.7 Å². The molecule has 0 saturated carbocycles. The Hall–Kier alpha value is -3.28. The fraction of sp³-hybridized carbons (Fsp3) is 0.105. The number of rotatable bonds is 2. The standard InChI is InChI=1S/C19H14FN3O2/c20-12-6-7-13-14(10-17(24)22-16(13)9-12)19(25)23-15-5-1-3-11-4-2-8-21-18(11)15/h1-9,14H,10H2,(H,22,24)(H,23,25)/t14-/m0/s1. The molecule has 2 heterocycles. The van der Waals surface area contributed by atoms with E-state index in [4.69, 9.17) is 0 Å². The van der Waals surface area contributed by atoms with Gasteiger partial charge in [0.05, 0.1) is 17.1 Å². The molecule has 0 bridgehead atoms. The molecule has 25 heavy (non-hydrogen) atoms. The van der Waals surface area contributed by atoms with E-state index in [9.17, 15) is 14.0 Å². The lowest BCUT2D eigenvalue weighted by Crippen LogP contribution is -2.31. The molecule has 2 N–H and O–H groups in total. The van der Waals surface area contributed by atoms with E-state index in [1.54, 1.807) is 12.3 Å². The van der Waals surface area contributed by atoms with Crippen LogP contribution in [-0.2, 0) is 9.59 Å². The zero-order valence-corrected chi connectivity index (χ0v) is 13.1. The van der Waals surface area contributed by atoms with E-state index < -0.39 is 11.7 Å². The number of anilines is 2. The van der Waals surface area contributed by atoms with E-state index in [0.717, 1.165) is 5.39 Å². The van der Waals surface area contributed by atoms with Crippen molar-refractivity contribution in [1.29, 1.82) is 0 Å². The third-order valence-electron chi connectivity index (χ3n) is 4.26. The third kappa shape index (κ3) is 2.82. The molecule has 0 aliphatic carbocycles. The second-order valence-corrected chi connectivity index (χ2v) is 5.91. The third-order valence-corrected chi connectivity index (χ3v) is 4.26. The van der Waals surface area contributed by atoms with Crippen LogP contribution in [0, 0.1) is 5.82 Å². The van der Waals surface area contributed by atoms with Gasteiger partial charge in [0.1, 0.15) is 5.82 Å². The Balaban J connectivity index is 1.69. The van der Waals surface area contributed by atoms with Crippen molar-refractivity contribution < 1.29 is 14.0 Å². The quantitative estimate of drug-likeness (QED) is 0.754. The molecule has 1 aliphatic rings. The fourth-order valence-corrected chi connectivity index (χ4v) is 3.10. The van der Waals surface area contributed by atoms with Gasteiger partial charge in [0, 0.05) is 23.7 Å². The number of hydrogen-bond donors (Lipinski definition) is 2. The number of nitrogens with zero attached hydrogens (tertiary/aromatic N) is 1. The van der Waals surface area contributed by atoms with Crippen LogP contribution in [0.4, 0.5) is 15.8 Å². The molecular weight excluding hydrogens is 321 g/mol. The summed E-state index contributed by atoms with van der Waals surface area (Å²) < 4.78 is 13.4. The molecule has 4 rings (SSSR count). The Kier molecular flexibility index (Phi) is 3.65. The van der Waals surface area contributed by atoms with Gasteiger partial charge in [-0.2, -0.15) is 0 Å². The minimum absolute atomic E-state index is 0.0165. The molecule has 0 spiro atoms. The Morgan fingerprint density at radius 2 is 2.04 bits per heavy atom. The zero-order chi connectivity index (χ0) is 17.4. The van der Waals surface area contributed by atoms with E-state index in [1.165, 1.54) is 18.2 Å². The summed E-state index contributed by atoms with van der Waals surface area (Å²) in [7, 11) is 0. The summed E-state index contributed by atoms with van der Waals surface area (Å²) in [6.45, 7) is 0. The van der Waals surface area contributed by atoms with Gasteiger partial charge < -0.3 is 10.6 Å². The normalized spacial score (nSPS) is 16.2. The largest absolute Gasteiger partial charge is 0.326 e. The topological polar surface area (TPSA) is 71.1 Å². The van der Waals surface area contributed by atoms with Crippen molar-refractivity contribution in [1.82, 2.24) is 4.98 Å². The number of fused-ring (bicyclic) bond motifs is 2. The summed E-state index contributed by atoms with van der Waals surface area (Å²) in [5.41, 5.74) is 2.20. The second kappa shape index (κ2) is 5.98. The first-order valence-corrected chi connectivity index (χ1v) is 7.86. The number of nitrogens with one attached hydrogen (secondary N) is 2. The number of benzene rings is 2. The number of halogens is 1. The molecule has 5 nitrogen and oxygen atoms in total. The van der Waals surface area contributed by atoms with Gasteiger partial charge in [-0.3, -0.25) is 14.6 Å². The van der Waals surface area contributed by atoms with E-state index in [-0.39, 0.29) is 18.2 Å². The monoisotopic (exact) mass is 335 g/mol. The van der Waals surface area contributed by atoms with Gasteiger partial charge in [-0.15, -0.1) is 0 Å². The van der Waals surface area contributed by atoms with Crippen molar-refractivity contribution in [2.75, 3.05) is 10.6 Å². The summed E-state index contributed by atoms with van der Waals surface area (Å²) in [5.74, 6) is -1.77. The van der Waals surface area contributed by atoms with Crippen LogP contribution in [0.25, 0.3) is 10.9 Å². The van der Waals surface area contributed by atoms with Crippen molar-refractivity contribution >= 4 is 34.1 Å². The van der Waals surface area contributed by atoms with E-state index in [1.807, 2.05) is 24.3 Å². The summed E-state index contributed by atoms with van der Waals surface area (Å²) in [6, 6.07) is 13.3. The van der Waals surface area contributed by atoms with Crippen molar-refractivity contribution in [2.24, 2.45) is 0 Å². The average Bonchev–Trinajstić information content (AvgIpc) is 2.61. The van der Waals surface area contributed by atoms with Crippen molar-refractivity contribution in [3.05, 3.63) is 66.1 Å². The Bertz CT molecular complexity index is 998. The lowest BCUT2D eigenvalue weighted by atomic mass is 9.89. The van der Waals surface area contributed by atoms with Gasteiger partial charge in [-0.25, -0.2) is 4.39 Å².